The number of amides is 1. The minimum atomic E-state index is 0.134. The summed E-state index contributed by atoms with van der Waals surface area (Å²) in [6.07, 6.45) is 0. The van der Waals surface area contributed by atoms with E-state index in [1.807, 2.05) is 17.9 Å². The molecule has 3 rings (SSSR count). The molecule has 0 radical (unpaired) electrons. The predicted molar refractivity (Wildman–Crippen MR) is 94.6 cm³/mol. The quantitative estimate of drug-likeness (QED) is 0.578. The molecular weight excluding hydrogens is 326 g/mol. The van der Waals surface area contributed by atoms with Gasteiger partial charge in [-0.25, -0.2) is 9.97 Å². The van der Waals surface area contributed by atoms with E-state index in [-0.39, 0.29) is 5.91 Å². The third kappa shape index (κ3) is 4.58. The number of likely N-dealkylation sites (N-methyl/N-ethyl adjacent to an activating group) is 1. The first-order chi connectivity index (χ1) is 11.6. The van der Waals surface area contributed by atoms with Gasteiger partial charge in [0.15, 0.2) is 5.16 Å². The highest BCUT2D eigenvalue weighted by atomic mass is 32.2. The number of hydrogen-bond acceptors (Lipinski definition) is 7. The van der Waals surface area contributed by atoms with Gasteiger partial charge in [0.2, 0.25) is 5.91 Å². The van der Waals surface area contributed by atoms with Crippen LogP contribution in [0.5, 0.6) is 0 Å². The summed E-state index contributed by atoms with van der Waals surface area (Å²) in [5, 5.41) is 0.686. The number of ether oxygens (including phenoxy) is 1. The van der Waals surface area contributed by atoms with E-state index in [4.69, 9.17) is 4.74 Å². The summed E-state index contributed by atoms with van der Waals surface area (Å²) in [6, 6.07) is 2.03. The highest BCUT2D eigenvalue weighted by Crippen LogP contribution is 2.20. The minimum Gasteiger partial charge on any atom is -0.378 e. The lowest BCUT2D eigenvalue weighted by molar-refractivity contribution is -0.132. The van der Waals surface area contributed by atoms with E-state index in [0.29, 0.717) is 37.2 Å². The van der Waals surface area contributed by atoms with Crippen LogP contribution in [0.15, 0.2) is 11.2 Å². The smallest absolute Gasteiger partial charge is 0.233 e. The van der Waals surface area contributed by atoms with Gasteiger partial charge in [-0.2, -0.15) is 0 Å². The third-order valence-electron chi connectivity index (χ3n) is 4.34. The number of hydrogen-bond donors (Lipinski definition) is 0. The van der Waals surface area contributed by atoms with Crippen LogP contribution in [0.3, 0.4) is 0 Å². The van der Waals surface area contributed by atoms with E-state index in [2.05, 4.69) is 26.8 Å². The van der Waals surface area contributed by atoms with E-state index >= 15 is 0 Å². The van der Waals surface area contributed by atoms with Crippen molar-refractivity contribution in [1.29, 1.82) is 0 Å². The number of morpholine rings is 1. The predicted octanol–water partition coefficient (Wildman–Crippen LogP) is 0.488. The van der Waals surface area contributed by atoms with Gasteiger partial charge >= 0.3 is 0 Å². The number of aryl methyl sites for hydroxylation is 1. The molecule has 0 unspecified atom stereocenters. The van der Waals surface area contributed by atoms with Crippen LogP contribution in [0.4, 0.5) is 5.82 Å². The molecule has 1 aromatic heterocycles. The van der Waals surface area contributed by atoms with Crippen LogP contribution in [0.25, 0.3) is 0 Å². The Kier molecular flexibility index (Phi) is 5.91. The van der Waals surface area contributed by atoms with E-state index in [1.165, 1.54) is 11.8 Å². The number of rotatable bonds is 4. The molecule has 0 aliphatic carbocycles. The van der Waals surface area contributed by atoms with Crippen molar-refractivity contribution in [1.82, 2.24) is 19.8 Å². The number of piperazine rings is 1. The second-order valence-corrected chi connectivity index (χ2v) is 7.16. The molecular formula is C16H25N5O2S. The Hall–Kier alpha value is -1.38. The second-order valence-electron chi connectivity index (χ2n) is 6.22. The van der Waals surface area contributed by atoms with Crippen LogP contribution < -0.4 is 4.90 Å². The highest BCUT2D eigenvalue weighted by molar-refractivity contribution is 7.99. The number of carbonyl (C=O) groups is 1. The number of nitrogens with zero attached hydrogens (tertiary/aromatic N) is 5. The molecule has 0 saturated carbocycles. The Morgan fingerprint density at radius 1 is 1.17 bits per heavy atom. The summed E-state index contributed by atoms with van der Waals surface area (Å²) < 4.78 is 5.28. The number of anilines is 1. The van der Waals surface area contributed by atoms with Gasteiger partial charge in [0.1, 0.15) is 5.82 Å². The maximum absolute atomic E-state index is 12.3. The Morgan fingerprint density at radius 2 is 1.88 bits per heavy atom. The van der Waals surface area contributed by atoms with Crippen LogP contribution in [0.2, 0.25) is 0 Å². The van der Waals surface area contributed by atoms with Crippen LogP contribution in [0, 0.1) is 6.92 Å². The number of thioether (sulfide) groups is 1. The van der Waals surface area contributed by atoms with Gasteiger partial charge in [-0.15, -0.1) is 0 Å². The Bertz CT molecular complexity index is 572. The third-order valence-corrected chi connectivity index (χ3v) is 5.17. The van der Waals surface area contributed by atoms with E-state index < -0.39 is 0 Å². The molecule has 0 aromatic carbocycles. The van der Waals surface area contributed by atoms with Crippen LogP contribution >= 0.6 is 11.8 Å². The zero-order valence-electron chi connectivity index (χ0n) is 14.4. The standard InChI is InChI=1S/C16H25N5O2S/c1-13-11-14(20-5-3-19(2)4-6-20)18-16(17-13)24-12-15(22)21-7-9-23-10-8-21/h11H,3-10,12H2,1-2H3. The van der Waals surface area contributed by atoms with Gasteiger partial charge in [0.05, 0.1) is 19.0 Å². The molecule has 7 nitrogen and oxygen atoms in total. The molecule has 2 saturated heterocycles. The summed E-state index contributed by atoms with van der Waals surface area (Å²) in [5.74, 6) is 1.48. The van der Waals surface area contributed by atoms with Gasteiger partial charge < -0.3 is 19.4 Å². The van der Waals surface area contributed by atoms with Gasteiger partial charge in [-0.3, -0.25) is 4.79 Å². The van der Waals surface area contributed by atoms with Gasteiger partial charge in [0.25, 0.3) is 0 Å². The van der Waals surface area contributed by atoms with Crippen molar-refractivity contribution in [3.63, 3.8) is 0 Å². The first kappa shape index (κ1) is 17.4. The Morgan fingerprint density at radius 3 is 2.58 bits per heavy atom. The van der Waals surface area contributed by atoms with Crippen molar-refractivity contribution in [3.05, 3.63) is 11.8 Å². The van der Waals surface area contributed by atoms with Crippen molar-refractivity contribution in [3.8, 4) is 0 Å². The van der Waals surface area contributed by atoms with Crippen molar-refractivity contribution in [2.75, 3.05) is 70.2 Å². The summed E-state index contributed by atoms with van der Waals surface area (Å²) in [7, 11) is 2.14. The van der Waals surface area contributed by atoms with Crippen molar-refractivity contribution in [2.24, 2.45) is 0 Å². The molecule has 8 heteroatoms. The van der Waals surface area contributed by atoms with E-state index in [1.54, 1.807) is 0 Å². The molecule has 0 spiro atoms. The summed E-state index contributed by atoms with van der Waals surface area (Å²) in [6.45, 7) is 8.64. The molecule has 1 amide bonds. The maximum Gasteiger partial charge on any atom is 0.233 e. The average Bonchev–Trinajstić information content (AvgIpc) is 2.60. The van der Waals surface area contributed by atoms with Gasteiger partial charge in [-0.1, -0.05) is 11.8 Å². The first-order valence-corrected chi connectivity index (χ1v) is 9.38. The van der Waals surface area contributed by atoms with E-state index in [0.717, 1.165) is 37.7 Å². The molecule has 0 atom stereocenters. The van der Waals surface area contributed by atoms with Crippen LogP contribution in [-0.2, 0) is 9.53 Å². The molecule has 132 valence electrons. The van der Waals surface area contributed by atoms with Gasteiger partial charge in [-0.05, 0) is 14.0 Å². The zero-order valence-corrected chi connectivity index (χ0v) is 15.2. The zero-order chi connectivity index (χ0) is 16.9. The monoisotopic (exact) mass is 351 g/mol. The molecule has 2 aliphatic rings. The fraction of sp³-hybridized carbons (Fsp3) is 0.688. The topological polar surface area (TPSA) is 61.8 Å². The van der Waals surface area contributed by atoms with Crippen LogP contribution in [-0.4, -0.2) is 91.0 Å². The lowest BCUT2D eigenvalue weighted by Gasteiger charge is -2.33. The lowest BCUT2D eigenvalue weighted by Crippen LogP contribution is -2.44. The molecule has 2 fully saturated rings. The van der Waals surface area contributed by atoms with Crippen LogP contribution in [0.1, 0.15) is 5.69 Å². The van der Waals surface area contributed by atoms with Crippen molar-refractivity contribution < 1.29 is 9.53 Å². The fourth-order valence-electron chi connectivity index (χ4n) is 2.82. The van der Waals surface area contributed by atoms with E-state index in [9.17, 15) is 4.79 Å². The Labute approximate surface area is 147 Å². The highest BCUT2D eigenvalue weighted by Gasteiger charge is 2.19. The normalized spacial score (nSPS) is 19.6. The average molecular weight is 351 g/mol. The lowest BCUT2D eigenvalue weighted by atomic mass is 10.3. The summed E-state index contributed by atoms with van der Waals surface area (Å²) >= 11 is 1.42. The largest absolute Gasteiger partial charge is 0.378 e. The summed E-state index contributed by atoms with van der Waals surface area (Å²) in [4.78, 5) is 27.9. The molecule has 0 N–H and O–H groups in total. The minimum absolute atomic E-state index is 0.134. The number of carbonyl (C=O) groups excluding carboxylic acids is 1. The summed E-state index contributed by atoms with van der Waals surface area (Å²) in [5.41, 5.74) is 0.945. The molecule has 24 heavy (non-hydrogen) atoms. The second kappa shape index (κ2) is 8.13. The molecule has 0 bridgehead atoms. The maximum atomic E-state index is 12.3. The first-order valence-electron chi connectivity index (χ1n) is 8.39. The van der Waals surface area contributed by atoms with Crippen molar-refractivity contribution in [2.45, 2.75) is 12.1 Å². The SMILES string of the molecule is Cc1cc(N2CCN(C)CC2)nc(SCC(=O)N2CCOCC2)n1. The molecule has 1 aromatic rings. The molecule has 2 aliphatic heterocycles. The van der Waals surface area contributed by atoms with Crippen molar-refractivity contribution >= 4 is 23.5 Å². The van der Waals surface area contributed by atoms with Gasteiger partial charge in [0, 0.05) is 51.0 Å². The fourth-order valence-corrected chi connectivity index (χ4v) is 3.62. The molecule has 3 heterocycles. The number of aromatic nitrogens is 2. The Balaban J connectivity index is 1.60.